The van der Waals surface area contributed by atoms with E-state index >= 15 is 0 Å². The molecule has 0 bridgehead atoms. The van der Waals surface area contributed by atoms with Gasteiger partial charge in [-0.1, -0.05) is 42.8 Å². The first kappa shape index (κ1) is 13.4. The van der Waals surface area contributed by atoms with E-state index in [9.17, 15) is 9.90 Å². The molecule has 98 valence electrons. The second-order valence-electron chi connectivity index (χ2n) is 4.10. The summed E-state index contributed by atoms with van der Waals surface area (Å²) in [5.41, 5.74) is 2.62. The van der Waals surface area contributed by atoms with E-state index in [4.69, 9.17) is 11.6 Å². The molecule has 0 radical (unpaired) electrons. The first-order chi connectivity index (χ1) is 9.13. The van der Waals surface area contributed by atoms with E-state index < -0.39 is 5.97 Å². The highest BCUT2D eigenvalue weighted by Crippen LogP contribution is 2.28. The zero-order valence-corrected chi connectivity index (χ0v) is 11.2. The summed E-state index contributed by atoms with van der Waals surface area (Å²) < 4.78 is 0. The monoisotopic (exact) mass is 275 g/mol. The molecule has 0 fully saturated rings. The van der Waals surface area contributed by atoms with E-state index in [1.807, 2.05) is 24.3 Å². The van der Waals surface area contributed by atoms with E-state index in [0.717, 1.165) is 17.7 Å². The molecule has 19 heavy (non-hydrogen) atoms. The summed E-state index contributed by atoms with van der Waals surface area (Å²) in [5, 5.41) is 12.6. The van der Waals surface area contributed by atoms with Crippen molar-refractivity contribution in [2.45, 2.75) is 13.3 Å². The number of carbonyl (C=O) groups is 1. The highest BCUT2D eigenvalue weighted by molar-refractivity contribution is 6.34. The number of carboxylic acids is 1. The van der Waals surface area contributed by atoms with Gasteiger partial charge in [0.15, 0.2) is 0 Å². The zero-order chi connectivity index (χ0) is 13.8. The van der Waals surface area contributed by atoms with Gasteiger partial charge in [0.1, 0.15) is 5.56 Å². The number of nitrogens with one attached hydrogen (secondary N) is 1. The first-order valence-corrected chi connectivity index (χ1v) is 6.38. The highest BCUT2D eigenvalue weighted by atomic mass is 35.5. The highest BCUT2D eigenvalue weighted by Gasteiger charge is 2.14. The fraction of sp³-hybridized carbons (Fsp3) is 0.133. The average molecular weight is 276 g/mol. The SMILES string of the molecule is CCc1ccccc1Nc1cccc(Cl)c1C(=O)O. The van der Waals surface area contributed by atoms with Crippen molar-refractivity contribution in [3.63, 3.8) is 0 Å². The number of carboxylic acid groups (broad SMARTS) is 1. The summed E-state index contributed by atoms with van der Waals surface area (Å²) in [6.07, 6.45) is 0.867. The zero-order valence-electron chi connectivity index (χ0n) is 10.5. The van der Waals surface area contributed by atoms with Crippen LogP contribution in [0.15, 0.2) is 42.5 Å². The lowest BCUT2D eigenvalue weighted by Gasteiger charge is -2.13. The van der Waals surface area contributed by atoms with Gasteiger partial charge in [0.05, 0.1) is 10.7 Å². The standard InChI is InChI=1S/C15H14ClNO2/c1-2-10-6-3-4-8-12(10)17-13-9-5-7-11(16)14(13)15(18)19/h3-9,17H,2H2,1H3,(H,18,19). The summed E-state index contributed by atoms with van der Waals surface area (Å²) in [5.74, 6) is -1.04. The number of hydrogen-bond acceptors (Lipinski definition) is 2. The molecule has 2 rings (SSSR count). The molecule has 2 aromatic rings. The van der Waals surface area contributed by atoms with Gasteiger partial charge in [0.2, 0.25) is 0 Å². The van der Waals surface area contributed by atoms with E-state index in [-0.39, 0.29) is 10.6 Å². The van der Waals surface area contributed by atoms with Crippen molar-refractivity contribution in [1.29, 1.82) is 0 Å². The third kappa shape index (κ3) is 2.88. The van der Waals surface area contributed by atoms with Gasteiger partial charge in [-0.3, -0.25) is 0 Å². The fourth-order valence-corrected chi connectivity index (χ4v) is 2.20. The maximum Gasteiger partial charge on any atom is 0.339 e. The van der Waals surface area contributed by atoms with Crippen molar-refractivity contribution in [3.05, 3.63) is 58.6 Å². The Hall–Kier alpha value is -2.00. The number of anilines is 2. The molecule has 0 aliphatic heterocycles. The van der Waals surface area contributed by atoms with E-state index in [2.05, 4.69) is 12.2 Å². The van der Waals surface area contributed by atoms with Crippen LogP contribution in [0, 0.1) is 0 Å². The number of aromatic carboxylic acids is 1. The summed E-state index contributed by atoms with van der Waals surface area (Å²) in [7, 11) is 0. The Labute approximate surface area is 116 Å². The lowest BCUT2D eigenvalue weighted by Crippen LogP contribution is -2.04. The van der Waals surface area contributed by atoms with E-state index in [1.165, 1.54) is 0 Å². The van der Waals surface area contributed by atoms with Gasteiger partial charge in [-0.25, -0.2) is 4.79 Å². The van der Waals surface area contributed by atoms with Crippen LogP contribution in [0.25, 0.3) is 0 Å². The van der Waals surface area contributed by atoms with Crippen molar-refractivity contribution in [2.75, 3.05) is 5.32 Å². The predicted molar refractivity (Wildman–Crippen MR) is 77.5 cm³/mol. The molecule has 0 atom stereocenters. The largest absolute Gasteiger partial charge is 0.478 e. The fourth-order valence-electron chi connectivity index (χ4n) is 1.94. The molecule has 3 nitrogen and oxygen atoms in total. The molecule has 0 spiro atoms. The topological polar surface area (TPSA) is 49.3 Å². The Kier molecular flexibility index (Phi) is 4.07. The van der Waals surface area contributed by atoms with Crippen LogP contribution in [0.2, 0.25) is 5.02 Å². The summed E-state index contributed by atoms with van der Waals surface area (Å²) in [6.45, 7) is 2.05. The predicted octanol–water partition coefficient (Wildman–Crippen LogP) is 4.34. The Morgan fingerprint density at radius 3 is 2.53 bits per heavy atom. The average Bonchev–Trinajstić information content (AvgIpc) is 2.39. The maximum absolute atomic E-state index is 11.3. The molecule has 2 aromatic carbocycles. The molecule has 0 aromatic heterocycles. The van der Waals surface area contributed by atoms with Gasteiger partial charge in [0.25, 0.3) is 0 Å². The number of halogens is 1. The molecule has 0 aliphatic rings. The Morgan fingerprint density at radius 2 is 1.84 bits per heavy atom. The van der Waals surface area contributed by atoms with Crippen LogP contribution in [0.1, 0.15) is 22.8 Å². The Morgan fingerprint density at radius 1 is 1.16 bits per heavy atom. The lowest BCUT2D eigenvalue weighted by molar-refractivity contribution is 0.0698. The van der Waals surface area contributed by atoms with E-state index in [0.29, 0.717) is 5.69 Å². The number of para-hydroxylation sites is 1. The molecule has 0 unspecified atom stereocenters. The maximum atomic E-state index is 11.3. The van der Waals surface area contributed by atoms with Crippen LogP contribution in [0.5, 0.6) is 0 Å². The van der Waals surface area contributed by atoms with Crippen molar-refractivity contribution in [1.82, 2.24) is 0 Å². The summed E-state index contributed by atoms with van der Waals surface area (Å²) in [4.78, 5) is 11.3. The second kappa shape index (κ2) is 5.76. The molecule has 0 aliphatic carbocycles. The normalized spacial score (nSPS) is 10.2. The summed E-state index contributed by atoms with van der Waals surface area (Å²) >= 11 is 5.94. The first-order valence-electron chi connectivity index (χ1n) is 6.00. The van der Waals surface area contributed by atoms with Crippen LogP contribution in [0.3, 0.4) is 0 Å². The number of benzene rings is 2. The van der Waals surface area contributed by atoms with Crippen LogP contribution in [0.4, 0.5) is 11.4 Å². The molecular weight excluding hydrogens is 262 g/mol. The Balaban J connectivity index is 2.44. The van der Waals surface area contributed by atoms with Crippen LogP contribution < -0.4 is 5.32 Å². The molecule has 2 N–H and O–H groups in total. The third-order valence-electron chi connectivity index (χ3n) is 2.90. The summed E-state index contributed by atoms with van der Waals surface area (Å²) in [6, 6.07) is 12.8. The molecule has 0 saturated heterocycles. The smallest absolute Gasteiger partial charge is 0.339 e. The van der Waals surface area contributed by atoms with Gasteiger partial charge in [0, 0.05) is 5.69 Å². The van der Waals surface area contributed by atoms with Gasteiger partial charge in [-0.15, -0.1) is 0 Å². The van der Waals surface area contributed by atoms with Gasteiger partial charge in [-0.05, 0) is 30.2 Å². The van der Waals surface area contributed by atoms with Crippen LogP contribution >= 0.6 is 11.6 Å². The quantitative estimate of drug-likeness (QED) is 0.872. The molecular formula is C15H14ClNO2. The van der Waals surface area contributed by atoms with Crippen LogP contribution in [-0.2, 0) is 6.42 Å². The van der Waals surface area contributed by atoms with Gasteiger partial charge in [-0.2, -0.15) is 0 Å². The van der Waals surface area contributed by atoms with Crippen molar-refractivity contribution in [2.24, 2.45) is 0 Å². The molecule has 0 amide bonds. The Bertz CT molecular complexity index is 611. The van der Waals surface area contributed by atoms with E-state index in [1.54, 1.807) is 18.2 Å². The minimum absolute atomic E-state index is 0.0927. The number of aryl methyl sites for hydroxylation is 1. The molecule has 4 heteroatoms. The molecule has 0 saturated carbocycles. The number of rotatable bonds is 4. The van der Waals surface area contributed by atoms with Gasteiger partial charge < -0.3 is 10.4 Å². The van der Waals surface area contributed by atoms with Crippen molar-refractivity contribution < 1.29 is 9.90 Å². The minimum Gasteiger partial charge on any atom is -0.478 e. The number of hydrogen-bond donors (Lipinski definition) is 2. The third-order valence-corrected chi connectivity index (χ3v) is 3.21. The molecule has 0 heterocycles. The van der Waals surface area contributed by atoms with Crippen molar-refractivity contribution in [3.8, 4) is 0 Å². The van der Waals surface area contributed by atoms with Crippen molar-refractivity contribution >= 4 is 28.9 Å². The van der Waals surface area contributed by atoms with Gasteiger partial charge >= 0.3 is 5.97 Å². The minimum atomic E-state index is -1.04. The lowest BCUT2D eigenvalue weighted by atomic mass is 10.1. The second-order valence-corrected chi connectivity index (χ2v) is 4.51. The van der Waals surface area contributed by atoms with Crippen LogP contribution in [-0.4, -0.2) is 11.1 Å².